The summed E-state index contributed by atoms with van der Waals surface area (Å²) in [7, 11) is -3.71. The normalized spacial score (nSPS) is 14.2. The summed E-state index contributed by atoms with van der Waals surface area (Å²) in [5.74, 6) is -1.24. The van der Waals surface area contributed by atoms with Crippen molar-refractivity contribution in [3.05, 3.63) is 58.7 Å². The number of nitriles is 1. The molecule has 9 heteroatoms. The molecule has 0 bridgehead atoms. The third-order valence-electron chi connectivity index (χ3n) is 5.97. The maximum atomic E-state index is 13.0. The third-order valence-corrected chi connectivity index (χ3v) is 7.87. The predicted octanol–water partition coefficient (Wildman–Crippen LogP) is 3.89. The first-order valence-electron chi connectivity index (χ1n) is 11.7. The number of carbonyl (C=O) groups excluding carboxylic acids is 2. The van der Waals surface area contributed by atoms with Crippen LogP contribution in [0, 0.1) is 32.1 Å². The van der Waals surface area contributed by atoms with Crippen LogP contribution in [0.2, 0.25) is 0 Å². The number of benzene rings is 2. The summed E-state index contributed by atoms with van der Waals surface area (Å²) in [6.07, 6.45) is 2.75. The number of ether oxygens (including phenoxy) is 1. The molecule has 0 N–H and O–H groups in total. The van der Waals surface area contributed by atoms with E-state index in [1.807, 2.05) is 38.1 Å². The Labute approximate surface area is 207 Å². The van der Waals surface area contributed by atoms with E-state index in [9.17, 15) is 18.0 Å². The minimum Gasteiger partial charge on any atom is -0.452 e. The highest BCUT2D eigenvalue weighted by atomic mass is 32.2. The second-order valence-electron chi connectivity index (χ2n) is 8.82. The first kappa shape index (κ1) is 26.4. The van der Waals surface area contributed by atoms with Crippen molar-refractivity contribution >= 4 is 27.6 Å². The van der Waals surface area contributed by atoms with Crippen LogP contribution >= 0.6 is 0 Å². The highest BCUT2D eigenvalue weighted by Gasteiger charge is 2.27. The fraction of sp³-hybridized carbons (Fsp3) is 0.423. The second kappa shape index (κ2) is 11.5. The largest absolute Gasteiger partial charge is 0.452 e. The van der Waals surface area contributed by atoms with E-state index in [0.717, 1.165) is 30.4 Å². The molecule has 1 heterocycles. The van der Waals surface area contributed by atoms with Crippen LogP contribution < -0.4 is 4.90 Å². The van der Waals surface area contributed by atoms with Crippen molar-refractivity contribution in [2.75, 3.05) is 31.1 Å². The van der Waals surface area contributed by atoms with Crippen molar-refractivity contribution in [1.82, 2.24) is 4.31 Å². The number of anilines is 1. The molecule has 35 heavy (non-hydrogen) atoms. The number of carbonyl (C=O) groups is 2. The SMILES string of the molecule is Cc1cc(C)cc(N(CCC#N)C(=O)COC(=O)c2cc(S(=O)(=O)N3CCCCC3)ccc2C)c1. The average molecular weight is 498 g/mol. The molecule has 2 aromatic rings. The van der Waals surface area contributed by atoms with E-state index in [0.29, 0.717) is 24.3 Å². The molecule has 1 aliphatic rings. The van der Waals surface area contributed by atoms with Crippen LogP contribution in [0.1, 0.15) is 52.7 Å². The Morgan fingerprint density at radius 3 is 2.31 bits per heavy atom. The topological polar surface area (TPSA) is 108 Å². The zero-order valence-electron chi connectivity index (χ0n) is 20.4. The first-order chi connectivity index (χ1) is 16.6. The molecule has 0 spiro atoms. The van der Waals surface area contributed by atoms with Gasteiger partial charge in [0.15, 0.2) is 6.61 Å². The molecule has 2 aromatic carbocycles. The van der Waals surface area contributed by atoms with Gasteiger partial charge in [0.25, 0.3) is 5.91 Å². The Hall–Kier alpha value is -3.22. The van der Waals surface area contributed by atoms with E-state index in [-0.39, 0.29) is 23.4 Å². The predicted molar refractivity (Wildman–Crippen MR) is 133 cm³/mol. The van der Waals surface area contributed by atoms with Crippen molar-refractivity contribution < 1.29 is 22.7 Å². The summed E-state index contributed by atoms with van der Waals surface area (Å²) in [5.41, 5.74) is 3.22. The van der Waals surface area contributed by atoms with E-state index in [1.54, 1.807) is 13.0 Å². The molecule has 186 valence electrons. The van der Waals surface area contributed by atoms with E-state index in [2.05, 4.69) is 0 Å². The monoisotopic (exact) mass is 497 g/mol. The maximum absolute atomic E-state index is 13.0. The van der Waals surface area contributed by atoms with Gasteiger partial charge in [0.05, 0.1) is 22.9 Å². The quantitative estimate of drug-likeness (QED) is 0.512. The van der Waals surface area contributed by atoms with E-state index in [1.165, 1.54) is 21.3 Å². The summed E-state index contributed by atoms with van der Waals surface area (Å²) < 4.78 is 32.8. The second-order valence-corrected chi connectivity index (χ2v) is 10.8. The third kappa shape index (κ3) is 6.47. The Kier molecular flexibility index (Phi) is 8.65. The number of piperidine rings is 1. The summed E-state index contributed by atoms with van der Waals surface area (Å²) in [5, 5.41) is 9.01. The van der Waals surface area contributed by atoms with E-state index < -0.39 is 28.5 Å². The van der Waals surface area contributed by atoms with Crippen molar-refractivity contribution in [2.24, 2.45) is 0 Å². The Morgan fingerprint density at radius 2 is 1.69 bits per heavy atom. The summed E-state index contributed by atoms with van der Waals surface area (Å²) >= 11 is 0. The number of esters is 1. The Balaban J connectivity index is 1.77. The van der Waals surface area contributed by atoms with Crippen molar-refractivity contribution in [3.8, 4) is 6.07 Å². The Morgan fingerprint density at radius 1 is 1.03 bits per heavy atom. The van der Waals surface area contributed by atoms with E-state index >= 15 is 0 Å². The smallest absolute Gasteiger partial charge is 0.338 e. The standard InChI is InChI=1S/C26H31N3O5S/c1-19-14-20(2)16-22(15-19)29(13-7-10-27)25(30)18-34-26(31)24-17-23(9-8-21(24)3)35(32,33)28-11-5-4-6-12-28/h8-9,14-17H,4-7,11-13,18H2,1-3H3. The van der Waals surface area contributed by atoms with Crippen LogP contribution in [0.25, 0.3) is 0 Å². The average Bonchev–Trinajstić information content (AvgIpc) is 2.83. The molecule has 0 aliphatic carbocycles. The molecule has 8 nitrogen and oxygen atoms in total. The summed E-state index contributed by atoms with van der Waals surface area (Å²) in [6.45, 7) is 6.07. The van der Waals surface area contributed by atoms with Gasteiger partial charge in [-0.05, 0) is 74.6 Å². The molecule has 0 aromatic heterocycles. The molecule has 1 amide bonds. The number of nitrogens with zero attached hydrogens (tertiary/aromatic N) is 3. The molecule has 0 saturated carbocycles. The molecular formula is C26H31N3O5S. The van der Waals surface area contributed by atoms with Gasteiger partial charge in [0, 0.05) is 25.3 Å². The molecule has 3 rings (SSSR count). The van der Waals surface area contributed by atoms with Gasteiger partial charge in [0.2, 0.25) is 10.0 Å². The summed E-state index contributed by atoms with van der Waals surface area (Å²) in [6, 6.07) is 12.1. The number of hydrogen-bond donors (Lipinski definition) is 0. The van der Waals surface area contributed by atoms with Crippen LogP contribution in [-0.2, 0) is 19.6 Å². The van der Waals surface area contributed by atoms with Crippen LogP contribution in [0.4, 0.5) is 5.69 Å². The molecule has 1 fully saturated rings. The lowest BCUT2D eigenvalue weighted by Gasteiger charge is -2.26. The lowest BCUT2D eigenvalue weighted by atomic mass is 10.1. The van der Waals surface area contributed by atoms with E-state index in [4.69, 9.17) is 10.00 Å². The minimum atomic E-state index is -3.71. The fourth-order valence-electron chi connectivity index (χ4n) is 4.18. The number of aryl methyl sites for hydroxylation is 3. The minimum absolute atomic E-state index is 0.0363. The zero-order chi connectivity index (χ0) is 25.6. The molecule has 0 unspecified atom stereocenters. The highest BCUT2D eigenvalue weighted by Crippen LogP contribution is 2.24. The van der Waals surface area contributed by atoms with Gasteiger partial charge in [0.1, 0.15) is 0 Å². The first-order valence-corrected chi connectivity index (χ1v) is 13.1. The number of rotatable bonds is 8. The molecule has 1 saturated heterocycles. The molecular weight excluding hydrogens is 466 g/mol. The van der Waals surface area contributed by atoms with Gasteiger partial charge in [-0.1, -0.05) is 18.6 Å². The lowest BCUT2D eigenvalue weighted by Crippen LogP contribution is -2.36. The summed E-state index contributed by atoms with van der Waals surface area (Å²) in [4.78, 5) is 27.3. The lowest BCUT2D eigenvalue weighted by molar-refractivity contribution is -0.121. The van der Waals surface area contributed by atoms with Gasteiger partial charge >= 0.3 is 5.97 Å². The molecule has 0 atom stereocenters. The van der Waals surface area contributed by atoms with Gasteiger partial charge in [-0.3, -0.25) is 4.79 Å². The van der Waals surface area contributed by atoms with Crippen LogP contribution in [0.5, 0.6) is 0 Å². The Bertz CT molecular complexity index is 1220. The van der Waals surface area contributed by atoms with Gasteiger partial charge in [-0.15, -0.1) is 0 Å². The fourth-order valence-corrected chi connectivity index (χ4v) is 5.73. The number of amides is 1. The van der Waals surface area contributed by atoms with Gasteiger partial charge in [-0.2, -0.15) is 9.57 Å². The van der Waals surface area contributed by atoms with Crippen molar-refractivity contribution in [2.45, 2.75) is 51.3 Å². The zero-order valence-corrected chi connectivity index (χ0v) is 21.2. The molecule has 1 aliphatic heterocycles. The highest BCUT2D eigenvalue weighted by molar-refractivity contribution is 7.89. The number of hydrogen-bond acceptors (Lipinski definition) is 6. The van der Waals surface area contributed by atoms with Crippen LogP contribution in [-0.4, -0.2) is 50.8 Å². The van der Waals surface area contributed by atoms with Crippen LogP contribution in [0.3, 0.4) is 0 Å². The van der Waals surface area contributed by atoms with Crippen molar-refractivity contribution in [3.63, 3.8) is 0 Å². The maximum Gasteiger partial charge on any atom is 0.338 e. The van der Waals surface area contributed by atoms with Crippen LogP contribution in [0.15, 0.2) is 41.3 Å². The van der Waals surface area contributed by atoms with Gasteiger partial charge < -0.3 is 9.64 Å². The number of sulfonamides is 1. The van der Waals surface area contributed by atoms with Gasteiger partial charge in [-0.25, -0.2) is 13.2 Å². The van der Waals surface area contributed by atoms with Crippen molar-refractivity contribution in [1.29, 1.82) is 5.26 Å². The molecule has 0 radical (unpaired) electrons.